The van der Waals surface area contributed by atoms with Crippen LogP contribution in [0, 0.1) is 20.8 Å². The van der Waals surface area contributed by atoms with Crippen LogP contribution in [-0.4, -0.2) is 21.1 Å². The number of hydrogen-bond donors (Lipinski definition) is 3. The Morgan fingerprint density at radius 2 is 1.67 bits per heavy atom. The van der Waals surface area contributed by atoms with E-state index < -0.39 is 0 Å². The Kier molecular flexibility index (Phi) is 5.30. The Balaban J connectivity index is 1.79. The normalized spacial score (nSPS) is 10.4. The fourth-order valence-corrected chi connectivity index (χ4v) is 2.93. The summed E-state index contributed by atoms with van der Waals surface area (Å²) in [6, 6.07) is 11.6. The van der Waals surface area contributed by atoms with Crippen LogP contribution >= 0.6 is 0 Å². The first kappa shape index (κ1) is 18.3. The summed E-state index contributed by atoms with van der Waals surface area (Å²) in [5.74, 6) is 0.836. The minimum atomic E-state index is -0.125. The van der Waals surface area contributed by atoms with Gasteiger partial charge < -0.3 is 16.0 Å². The summed E-state index contributed by atoms with van der Waals surface area (Å²) >= 11 is 0. The molecule has 7 nitrogen and oxygen atoms in total. The number of carbonyl (C=O) groups excluding carboxylic acids is 1. The molecule has 3 aromatic rings. The number of anilines is 5. The number of hydrogen-bond acceptors (Lipinski definition) is 6. The molecule has 0 aliphatic heterocycles. The van der Waals surface area contributed by atoms with Gasteiger partial charge in [-0.2, -0.15) is 10.1 Å². The maximum Gasteiger partial charge on any atom is 0.249 e. The number of aromatic nitrogens is 3. The second-order valence-electron chi connectivity index (χ2n) is 6.45. The van der Waals surface area contributed by atoms with Gasteiger partial charge in [0.05, 0.1) is 6.20 Å². The van der Waals surface area contributed by atoms with Crippen molar-refractivity contribution in [3.8, 4) is 0 Å². The molecule has 0 bridgehead atoms. The lowest BCUT2D eigenvalue weighted by atomic mass is 10.1. The largest absolute Gasteiger partial charge is 0.338 e. The Morgan fingerprint density at radius 3 is 2.37 bits per heavy atom. The van der Waals surface area contributed by atoms with E-state index in [1.807, 2.05) is 18.2 Å². The van der Waals surface area contributed by atoms with Gasteiger partial charge >= 0.3 is 0 Å². The van der Waals surface area contributed by atoms with E-state index in [9.17, 15) is 4.79 Å². The summed E-state index contributed by atoms with van der Waals surface area (Å²) in [4.78, 5) is 15.7. The summed E-state index contributed by atoms with van der Waals surface area (Å²) < 4.78 is 0. The molecule has 2 aromatic carbocycles. The van der Waals surface area contributed by atoms with E-state index in [1.54, 1.807) is 12.3 Å². The third-order valence-electron chi connectivity index (χ3n) is 3.93. The number of nitrogens with zero attached hydrogens (tertiary/aromatic N) is 3. The summed E-state index contributed by atoms with van der Waals surface area (Å²) in [7, 11) is 0. The average Bonchev–Trinajstić information content (AvgIpc) is 2.58. The van der Waals surface area contributed by atoms with Crippen LogP contribution in [0.5, 0.6) is 0 Å². The molecule has 0 fully saturated rings. The average molecular weight is 362 g/mol. The van der Waals surface area contributed by atoms with Gasteiger partial charge in [0.15, 0.2) is 5.82 Å². The summed E-state index contributed by atoms with van der Waals surface area (Å²) in [5.41, 5.74) is 5.97. The molecule has 1 heterocycles. The summed E-state index contributed by atoms with van der Waals surface area (Å²) in [5, 5.41) is 17.2. The minimum Gasteiger partial charge on any atom is -0.338 e. The molecule has 0 saturated carbocycles. The van der Waals surface area contributed by atoms with Crippen LogP contribution in [-0.2, 0) is 4.79 Å². The fraction of sp³-hybridized carbons (Fsp3) is 0.200. The van der Waals surface area contributed by atoms with Crippen molar-refractivity contribution in [1.29, 1.82) is 0 Å². The number of carbonyl (C=O) groups is 1. The number of nitrogens with one attached hydrogen (secondary N) is 3. The molecule has 0 spiro atoms. The van der Waals surface area contributed by atoms with Crippen molar-refractivity contribution in [3.05, 3.63) is 59.3 Å². The van der Waals surface area contributed by atoms with Crippen molar-refractivity contribution in [3.63, 3.8) is 0 Å². The fourth-order valence-electron chi connectivity index (χ4n) is 2.93. The molecule has 7 heteroatoms. The van der Waals surface area contributed by atoms with Crippen LogP contribution in [0.3, 0.4) is 0 Å². The molecule has 3 rings (SSSR count). The molecule has 3 N–H and O–H groups in total. The molecular formula is C20H22N6O. The minimum absolute atomic E-state index is 0.125. The van der Waals surface area contributed by atoms with Crippen molar-refractivity contribution >= 4 is 34.7 Å². The zero-order chi connectivity index (χ0) is 19.4. The molecule has 0 unspecified atom stereocenters. The van der Waals surface area contributed by atoms with Crippen molar-refractivity contribution in [2.45, 2.75) is 27.7 Å². The quantitative estimate of drug-likeness (QED) is 0.629. The first-order valence-electron chi connectivity index (χ1n) is 8.60. The molecular weight excluding hydrogens is 340 g/mol. The van der Waals surface area contributed by atoms with E-state index in [2.05, 4.69) is 64.0 Å². The first-order valence-corrected chi connectivity index (χ1v) is 8.60. The Labute approximate surface area is 158 Å². The van der Waals surface area contributed by atoms with Crippen LogP contribution in [0.1, 0.15) is 23.6 Å². The van der Waals surface area contributed by atoms with E-state index in [1.165, 1.54) is 12.5 Å². The molecule has 0 radical (unpaired) electrons. The van der Waals surface area contributed by atoms with Crippen LogP contribution < -0.4 is 16.0 Å². The molecule has 0 aliphatic carbocycles. The Hall–Kier alpha value is -3.48. The zero-order valence-electron chi connectivity index (χ0n) is 15.8. The summed E-state index contributed by atoms with van der Waals surface area (Å²) in [6.07, 6.45) is 1.58. The van der Waals surface area contributed by atoms with Crippen LogP contribution in [0.4, 0.5) is 28.8 Å². The second kappa shape index (κ2) is 7.82. The third-order valence-corrected chi connectivity index (χ3v) is 3.93. The first-order chi connectivity index (χ1) is 12.9. The maximum atomic E-state index is 11.2. The lowest BCUT2D eigenvalue weighted by Gasteiger charge is -2.13. The molecule has 0 aliphatic rings. The number of benzene rings is 2. The third kappa shape index (κ3) is 4.78. The lowest BCUT2D eigenvalue weighted by Crippen LogP contribution is -2.06. The van der Waals surface area contributed by atoms with Crippen molar-refractivity contribution in [2.75, 3.05) is 16.0 Å². The van der Waals surface area contributed by atoms with Crippen molar-refractivity contribution in [2.24, 2.45) is 0 Å². The molecule has 27 heavy (non-hydrogen) atoms. The highest BCUT2D eigenvalue weighted by atomic mass is 16.1. The smallest absolute Gasteiger partial charge is 0.249 e. The van der Waals surface area contributed by atoms with Crippen molar-refractivity contribution in [1.82, 2.24) is 15.2 Å². The van der Waals surface area contributed by atoms with E-state index in [0.717, 1.165) is 22.5 Å². The number of aryl methyl sites for hydroxylation is 3. The van der Waals surface area contributed by atoms with Crippen LogP contribution in [0.15, 0.2) is 42.6 Å². The molecule has 0 atom stereocenters. The van der Waals surface area contributed by atoms with Gasteiger partial charge in [0.2, 0.25) is 11.9 Å². The molecule has 1 aromatic heterocycles. The van der Waals surface area contributed by atoms with Crippen LogP contribution in [0.25, 0.3) is 0 Å². The summed E-state index contributed by atoms with van der Waals surface area (Å²) in [6.45, 7) is 7.66. The SMILES string of the molecule is CC(=O)Nc1cccc(Nc2nncc(Nc3c(C)cc(C)cc3C)n2)c1. The van der Waals surface area contributed by atoms with Gasteiger partial charge in [-0.1, -0.05) is 23.8 Å². The number of amides is 1. The van der Waals surface area contributed by atoms with E-state index in [-0.39, 0.29) is 5.91 Å². The highest BCUT2D eigenvalue weighted by Crippen LogP contribution is 2.25. The van der Waals surface area contributed by atoms with Crippen molar-refractivity contribution < 1.29 is 4.79 Å². The van der Waals surface area contributed by atoms with E-state index in [0.29, 0.717) is 17.5 Å². The van der Waals surface area contributed by atoms with Gasteiger partial charge in [-0.3, -0.25) is 4.79 Å². The van der Waals surface area contributed by atoms with Gasteiger partial charge in [0, 0.05) is 24.0 Å². The maximum absolute atomic E-state index is 11.2. The van der Waals surface area contributed by atoms with Gasteiger partial charge in [0.25, 0.3) is 0 Å². The monoisotopic (exact) mass is 362 g/mol. The molecule has 138 valence electrons. The van der Waals surface area contributed by atoms with Gasteiger partial charge in [-0.05, 0) is 50.1 Å². The standard InChI is InChI=1S/C20H22N6O/c1-12-8-13(2)19(14(3)9-12)24-18-11-21-26-20(25-18)23-17-7-5-6-16(10-17)22-15(4)27/h5-11H,1-4H3,(H,22,27)(H2,23,24,25,26). The van der Waals surface area contributed by atoms with Gasteiger partial charge in [0.1, 0.15) is 0 Å². The molecule has 1 amide bonds. The number of rotatable bonds is 5. The van der Waals surface area contributed by atoms with Gasteiger partial charge in [-0.25, -0.2) is 0 Å². The predicted molar refractivity (Wildman–Crippen MR) is 108 cm³/mol. The van der Waals surface area contributed by atoms with E-state index >= 15 is 0 Å². The lowest BCUT2D eigenvalue weighted by molar-refractivity contribution is -0.114. The van der Waals surface area contributed by atoms with Gasteiger partial charge in [-0.15, -0.1) is 5.10 Å². The Morgan fingerprint density at radius 1 is 0.963 bits per heavy atom. The molecule has 0 saturated heterocycles. The zero-order valence-corrected chi connectivity index (χ0v) is 15.8. The highest BCUT2D eigenvalue weighted by molar-refractivity contribution is 5.89. The van der Waals surface area contributed by atoms with Crippen LogP contribution in [0.2, 0.25) is 0 Å². The topological polar surface area (TPSA) is 91.8 Å². The Bertz CT molecular complexity index is 963. The predicted octanol–water partition coefficient (Wildman–Crippen LogP) is 4.24. The second-order valence-corrected chi connectivity index (χ2v) is 6.45. The highest BCUT2D eigenvalue weighted by Gasteiger charge is 2.07. The van der Waals surface area contributed by atoms with E-state index in [4.69, 9.17) is 0 Å².